The third-order valence-electron chi connectivity index (χ3n) is 2.15. The summed E-state index contributed by atoms with van der Waals surface area (Å²) in [5.74, 6) is 0.432. The maximum absolute atomic E-state index is 11.3. The summed E-state index contributed by atoms with van der Waals surface area (Å²) in [6.07, 6.45) is 3.47. The number of carbonyl (C=O) groups is 1. The maximum Gasteiger partial charge on any atom is 0.357 e. The Morgan fingerprint density at radius 3 is 3.12 bits per heavy atom. The fourth-order valence-electron chi connectivity index (χ4n) is 1.31. The third kappa shape index (κ3) is 2.62. The van der Waals surface area contributed by atoms with E-state index in [0.717, 1.165) is 11.0 Å². The molecule has 0 unspecified atom stereocenters. The highest BCUT2D eigenvalue weighted by atomic mass is 32.1. The Morgan fingerprint density at radius 2 is 2.47 bits per heavy atom. The van der Waals surface area contributed by atoms with Crippen molar-refractivity contribution in [3.8, 4) is 0 Å². The van der Waals surface area contributed by atoms with E-state index in [1.165, 1.54) is 18.4 Å². The lowest BCUT2D eigenvalue weighted by atomic mass is 10.5. The molecule has 0 saturated carbocycles. The highest BCUT2D eigenvalue weighted by Crippen LogP contribution is 2.20. The first kappa shape index (κ1) is 11.6. The normalized spacial score (nSPS) is 10.2. The van der Waals surface area contributed by atoms with Crippen LogP contribution in [0.5, 0.6) is 0 Å². The van der Waals surface area contributed by atoms with Crippen molar-refractivity contribution in [2.45, 2.75) is 6.54 Å². The summed E-state index contributed by atoms with van der Waals surface area (Å²) < 4.78 is 4.60. The molecule has 0 saturated heterocycles. The van der Waals surface area contributed by atoms with Gasteiger partial charge in [0.05, 0.1) is 13.7 Å². The van der Waals surface area contributed by atoms with Crippen LogP contribution in [0.4, 0.5) is 5.13 Å². The lowest BCUT2D eigenvalue weighted by molar-refractivity contribution is 0.0595. The molecule has 1 N–H and O–H groups in total. The van der Waals surface area contributed by atoms with Crippen molar-refractivity contribution >= 4 is 22.4 Å². The second kappa shape index (κ2) is 4.96. The smallest absolute Gasteiger partial charge is 0.357 e. The van der Waals surface area contributed by atoms with Crippen LogP contribution in [0, 0.1) is 0 Å². The molecular weight excluding hydrogens is 240 g/mol. The average molecular weight is 252 g/mol. The molecule has 0 aromatic carbocycles. The molecule has 6 nitrogen and oxygen atoms in total. The number of nitrogens with one attached hydrogen (secondary N) is 1. The van der Waals surface area contributed by atoms with Crippen LogP contribution in [0.3, 0.4) is 0 Å². The summed E-state index contributed by atoms with van der Waals surface area (Å²) >= 11 is 1.40. The van der Waals surface area contributed by atoms with Crippen molar-refractivity contribution in [2.75, 3.05) is 19.1 Å². The van der Waals surface area contributed by atoms with Gasteiger partial charge in [-0.15, -0.1) is 11.3 Å². The molecule has 0 aliphatic carbocycles. The zero-order valence-corrected chi connectivity index (χ0v) is 10.3. The van der Waals surface area contributed by atoms with Crippen molar-refractivity contribution in [1.29, 1.82) is 0 Å². The molecule has 0 bridgehead atoms. The van der Waals surface area contributed by atoms with Crippen molar-refractivity contribution in [1.82, 2.24) is 15.0 Å². The molecule has 2 aromatic heterocycles. The first-order valence-corrected chi connectivity index (χ1v) is 5.82. The summed E-state index contributed by atoms with van der Waals surface area (Å²) in [5, 5.41) is 2.43. The number of carbonyl (C=O) groups excluding carboxylic acids is 1. The first-order chi connectivity index (χ1) is 8.20. The van der Waals surface area contributed by atoms with Crippen molar-refractivity contribution < 1.29 is 9.53 Å². The van der Waals surface area contributed by atoms with Gasteiger partial charge in [0.2, 0.25) is 0 Å². The molecule has 2 heterocycles. The standard InChI is InChI=1S/C10H12N4O2S/c1-14(5-8-11-3-4-12-8)10-13-7(6-17-10)9(15)16-2/h3-4,6H,5H2,1-2H3,(H,11,12). The van der Waals surface area contributed by atoms with Gasteiger partial charge in [-0.25, -0.2) is 14.8 Å². The fraction of sp³-hybridized carbons (Fsp3) is 0.300. The van der Waals surface area contributed by atoms with Gasteiger partial charge in [-0.2, -0.15) is 0 Å². The highest BCUT2D eigenvalue weighted by Gasteiger charge is 2.13. The van der Waals surface area contributed by atoms with E-state index < -0.39 is 5.97 Å². The van der Waals surface area contributed by atoms with Gasteiger partial charge in [0.1, 0.15) is 5.82 Å². The number of H-pyrrole nitrogens is 1. The van der Waals surface area contributed by atoms with Crippen LogP contribution in [0.2, 0.25) is 0 Å². The predicted molar refractivity (Wildman–Crippen MR) is 64.1 cm³/mol. The van der Waals surface area contributed by atoms with E-state index in [-0.39, 0.29) is 0 Å². The summed E-state index contributed by atoms with van der Waals surface area (Å²) in [5.41, 5.74) is 0.332. The molecule has 0 fully saturated rings. The Balaban J connectivity index is 2.07. The van der Waals surface area contributed by atoms with Crippen molar-refractivity contribution in [3.63, 3.8) is 0 Å². The van der Waals surface area contributed by atoms with Crippen molar-refractivity contribution in [3.05, 3.63) is 29.3 Å². The minimum atomic E-state index is -0.418. The molecule has 90 valence electrons. The van der Waals surface area contributed by atoms with Crippen LogP contribution in [0.15, 0.2) is 17.8 Å². The number of ether oxygens (including phenoxy) is 1. The van der Waals surface area contributed by atoms with Gasteiger partial charge in [-0.1, -0.05) is 0 Å². The summed E-state index contributed by atoms with van der Waals surface area (Å²) in [7, 11) is 3.23. The van der Waals surface area contributed by atoms with Gasteiger partial charge < -0.3 is 14.6 Å². The highest BCUT2D eigenvalue weighted by molar-refractivity contribution is 7.13. The number of methoxy groups -OCH3 is 1. The van der Waals surface area contributed by atoms with Crippen LogP contribution in [-0.4, -0.2) is 35.1 Å². The zero-order valence-electron chi connectivity index (χ0n) is 9.51. The number of aromatic amines is 1. The molecule has 7 heteroatoms. The molecule has 0 atom stereocenters. The molecule has 17 heavy (non-hydrogen) atoms. The van der Waals surface area contributed by atoms with Gasteiger partial charge in [0.15, 0.2) is 10.8 Å². The average Bonchev–Trinajstić information content (AvgIpc) is 2.98. The Bertz CT molecular complexity index is 494. The van der Waals surface area contributed by atoms with E-state index in [0.29, 0.717) is 12.2 Å². The zero-order chi connectivity index (χ0) is 12.3. The monoisotopic (exact) mass is 252 g/mol. The quantitative estimate of drug-likeness (QED) is 0.830. The van der Waals surface area contributed by atoms with Gasteiger partial charge in [0.25, 0.3) is 0 Å². The van der Waals surface area contributed by atoms with Crippen molar-refractivity contribution in [2.24, 2.45) is 0 Å². The van der Waals surface area contributed by atoms with Crippen LogP contribution >= 0.6 is 11.3 Å². The molecule has 0 radical (unpaired) electrons. The second-order valence-corrected chi connectivity index (χ2v) is 4.24. The summed E-state index contributed by atoms with van der Waals surface area (Å²) in [4.78, 5) is 24.5. The lowest BCUT2D eigenvalue weighted by Gasteiger charge is -2.13. The van der Waals surface area contributed by atoms with E-state index in [1.54, 1.807) is 17.8 Å². The van der Waals surface area contributed by atoms with Gasteiger partial charge in [0, 0.05) is 24.8 Å². The topological polar surface area (TPSA) is 71.1 Å². The van der Waals surface area contributed by atoms with E-state index in [9.17, 15) is 4.79 Å². The Labute approximate surface area is 102 Å². The second-order valence-electron chi connectivity index (χ2n) is 3.40. The Hall–Kier alpha value is -1.89. The molecule has 2 rings (SSSR count). The number of anilines is 1. The molecule has 2 aromatic rings. The fourth-order valence-corrected chi connectivity index (χ4v) is 2.08. The van der Waals surface area contributed by atoms with E-state index in [1.807, 2.05) is 11.9 Å². The number of hydrogen-bond acceptors (Lipinski definition) is 6. The van der Waals surface area contributed by atoms with Gasteiger partial charge in [-0.05, 0) is 0 Å². The van der Waals surface area contributed by atoms with Gasteiger partial charge >= 0.3 is 5.97 Å². The molecule has 0 aliphatic heterocycles. The van der Waals surface area contributed by atoms with E-state index >= 15 is 0 Å². The van der Waals surface area contributed by atoms with Crippen LogP contribution in [0.25, 0.3) is 0 Å². The Morgan fingerprint density at radius 1 is 1.65 bits per heavy atom. The number of thiazole rings is 1. The van der Waals surface area contributed by atoms with E-state index in [2.05, 4.69) is 19.7 Å². The largest absolute Gasteiger partial charge is 0.464 e. The number of nitrogens with zero attached hydrogens (tertiary/aromatic N) is 3. The third-order valence-corrected chi connectivity index (χ3v) is 3.11. The first-order valence-electron chi connectivity index (χ1n) is 4.94. The SMILES string of the molecule is COC(=O)c1csc(N(C)Cc2ncc[nH]2)n1. The predicted octanol–water partition coefficient (Wildman–Crippen LogP) is 1.29. The van der Waals surface area contributed by atoms with Crippen LogP contribution in [-0.2, 0) is 11.3 Å². The number of esters is 1. The summed E-state index contributed by atoms with van der Waals surface area (Å²) in [6.45, 7) is 0.612. The number of rotatable bonds is 4. The lowest BCUT2D eigenvalue weighted by Crippen LogP contribution is -2.17. The molecular formula is C10H12N4O2S. The number of imidazole rings is 1. The molecule has 0 amide bonds. The van der Waals surface area contributed by atoms with E-state index in [4.69, 9.17) is 0 Å². The maximum atomic E-state index is 11.3. The Kier molecular flexibility index (Phi) is 3.38. The van der Waals surface area contributed by atoms with Crippen LogP contribution in [0.1, 0.15) is 16.3 Å². The van der Waals surface area contributed by atoms with Gasteiger partial charge in [-0.3, -0.25) is 0 Å². The molecule has 0 aliphatic rings. The minimum Gasteiger partial charge on any atom is -0.464 e. The summed E-state index contributed by atoms with van der Waals surface area (Å²) in [6, 6.07) is 0. The molecule has 0 spiro atoms. The number of aromatic nitrogens is 3. The number of hydrogen-bond donors (Lipinski definition) is 1. The minimum absolute atomic E-state index is 0.332. The van der Waals surface area contributed by atoms with Crippen LogP contribution < -0.4 is 4.90 Å².